The van der Waals surface area contributed by atoms with Crippen LogP contribution in [0.2, 0.25) is 0 Å². The molecular formula is C16H26O4. The Kier molecular flexibility index (Phi) is 8.26. The first-order valence-electron chi connectivity index (χ1n) is 7.19. The molecule has 4 heteroatoms. The Balaban J connectivity index is 2.39. The lowest BCUT2D eigenvalue weighted by Gasteiger charge is -2.13. The van der Waals surface area contributed by atoms with Crippen LogP contribution in [0.25, 0.3) is 0 Å². The van der Waals surface area contributed by atoms with E-state index in [1.54, 1.807) is 14.0 Å². The Morgan fingerprint density at radius 1 is 1.15 bits per heavy atom. The maximum absolute atomic E-state index is 9.60. The highest BCUT2D eigenvalue weighted by atomic mass is 16.5. The fourth-order valence-electron chi connectivity index (χ4n) is 1.82. The summed E-state index contributed by atoms with van der Waals surface area (Å²) >= 11 is 0. The Hall–Kier alpha value is -1.10. The Labute approximate surface area is 121 Å². The SMILES string of the molecule is CCCCOCCOCc1cc(C(C)O)ccc1OC. The summed E-state index contributed by atoms with van der Waals surface area (Å²) in [6.07, 6.45) is 1.74. The Morgan fingerprint density at radius 3 is 2.55 bits per heavy atom. The monoisotopic (exact) mass is 282 g/mol. The van der Waals surface area contributed by atoms with E-state index in [2.05, 4.69) is 6.92 Å². The lowest BCUT2D eigenvalue weighted by Crippen LogP contribution is -2.06. The summed E-state index contributed by atoms with van der Waals surface area (Å²) in [7, 11) is 1.63. The molecule has 0 aliphatic carbocycles. The molecule has 1 aromatic carbocycles. The van der Waals surface area contributed by atoms with Crippen molar-refractivity contribution in [1.82, 2.24) is 0 Å². The van der Waals surface area contributed by atoms with Crippen molar-refractivity contribution in [1.29, 1.82) is 0 Å². The largest absolute Gasteiger partial charge is 0.496 e. The van der Waals surface area contributed by atoms with E-state index in [4.69, 9.17) is 14.2 Å². The zero-order valence-corrected chi connectivity index (χ0v) is 12.7. The molecule has 0 aliphatic heterocycles. The van der Waals surface area contributed by atoms with Crippen molar-refractivity contribution in [2.24, 2.45) is 0 Å². The van der Waals surface area contributed by atoms with Crippen LogP contribution in [-0.2, 0) is 16.1 Å². The molecule has 0 spiro atoms. The van der Waals surface area contributed by atoms with Crippen molar-refractivity contribution in [3.63, 3.8) is 0 Å². The average molecular weight is 282 g/mol. The molecule has 4 nitrogen and oxygen atoms in total. The zero-order chi connectivity index (χ0) is 14.8. The number of unbranched alkanes of at least 4 members (excludes halogenated alkanes) is 1. The van der Waals surface area contributed by atoms with Gasteiger partial charge < -0.3 is 19.3 Å². The van der Waals surface area contributed by atoms with E-state index < -0.39 is 6.10 Å². The summed E-state index contributed by atoms with van der Waals surface area (Å²) in [4.78, 5) is 0. The van der Waals surface area contributed by atoms with Gasteiger partial charge in [0.2, 0.25) is 0 Å². The number of ether oxygens (including phenoxy) is 3. The first kappa shape index (κ1) is 17.0. The number of benzene rings is 1. The second-order valence-electron chi connectivity index (χ2n) is 4.77. The van der Waals surface area contributed by atoms with E-state index in [9.17, 15) is 5.11 Å². The van der Waals surface area contributed by atoms with Crippen LogP contribution in [0.4, 0.5) is 0 Å². The molecule has 0 bridgehead atoms. The number of aliphatic hydroxyl groups is 1. The van der Waals surface area contributed by atoms with Crippen LogP contribution in [0.5, 0.6) is 5.75 Å². The minimum absolute atomic E-state index is 0.459. The molecule has 20 heavy (non-hydrogen) atoms. The van der Waals surface area contributed by atoms with Crippen molar-refractivity contribution in [3.05, 3.63) is 29.3 Å². The van der Waals surface area contributed by atoms with Crippen molar-refractivity contribution < 1.29 is 19.3 Å². The Morgan fingerprint density at radius 2 is 1.90 bits per heavy atom. The standard InChI is InChI=1S/C16H26O4/c1-4-5-8-19-9-10-20-12-15-11-14(13(2)17)6-7-16(15)18-3/h6-7,11,13,17H,4-5,8-10,12H2,1-3H3. The van der Waals surface area contributed by atoms with Crippen LogP contribution in [-0.4, -0.2) is 32.0 Å². The predicted octanol–water partition coefficient (Wildman–Crippen LogP) is 3.08. The second-order valence-corrected chi connectivity index (χ2v) is 4.77. The first-order chi connectivity index (χ1) is 9.69. The van der Waals surface area contributed by atoms with Gasteiger partial charge in [-0.1, -0.05) is 19.4 Å². The molecule has 0 saturated carbocycles. The third-order valence-corrected chi connectivity index (χ3v) is 3.06. The van der Waals surface area contributed by atoms with E-state index >= 15 is 0 Å². The van der Waals surface area contributed by atoms with Crippen LogP contribution in [0.1, 0.15) is 43.9 Å². The third-order valence-electron chi connectivity index (χ3n) is 3.06. The smallest absolute Gasteiger partial charge is 0.124 e. The topological polar surface area (TPSA) is 47.9 Å². The Bertz CT molecular complexity index is 377. The normalized spacial score (nSPS) is 12.4. The molecule has 0 aliphatic rings. The summed E-state index contributed by atoms with van der Waals surface area (Å²) in [5.74, 6) is 0.779. The average Bonchev–Trinajstić information content (AvgIpc) is 2.46. The summed E-state index contributed by atoms with van der Waals surface area (Å²) in [6, 6.07) is 5.64. The van der Waals surface area contributed by atoms with Crippen LogP contribution in [0.15, 0.2) is 18.2 Å². The summed E-state index contributed by atoms with van der Waals surface area (Å²) < 4.78 is 16.3. The van der Waals surface area contributed by atoms with E-state index in [0.717, 1.165) is 36.3 Å². The molecule has 0 fully saturated rings. The molecule has 0 amide bonds. The maximum Gasteiger partial charge on any atom is 0.124 e. The van der Waals surface area contributed by atoms with Crippen molar-refractivity contribution in [2.75, 3.05) is 26.9 Å². The van der Waals surface area contributed by atoms with E-state index in [-0.39, 0.29) is 0 Å². The highest BCUT2D eigenvalue weighted by Crippen LogP contribution is 2.23. The molecule has 0 aromatic heterocycles. The first-order valence-corrected chi connectivity index (χ1v) is 7.19. The predicted molar refractivity (Wildman–Crippen MR) is 79.0 cm³/mol. The second kappa shape index (κ2) is 9.75. The lowest BCUT2D eigenvalue weighted by molar-refractivity contribution is 0.0390. The molecule has 1 atom stereocenters. The van der Waals surface area contributed by atoms with Gasteiger partial charge in [-0.2, -0.15) is 0 Å². The molecular weight excluding hydrogens is 256 g/mol. The van der Waals surface area contributed by atoms with Crippen LogP contribution < -0.4 is 4.74 Å². The van der Waals surface area contributed by atoms with Crippen LogP contribution >= 0.6 is 0 Å². The highest BCUT2D eigenvalue weighted by Gasteiger charge is 2.07. The minimum Gasteiger partial charge on any atom is -0.496 e. The summed E-state index contributed by atoms with van der Waals surface area (Å²) in [5.41, 5.74) is 1.81. The molecule has 1 aromatic rings. The maximum atomic E-state index is 9.60. The fourth-order valence-corrected chi connectivity index (χ4v) is 1.82. The fraction of sp³-hybridized carbons (Fsp3) is 0.625. The number of rotatable bonds is 10. The lowest BCUT2D eigenvalue weighted by atomic mass is 10.1. The third kappa shape index (κ3) is 5.90. The van der Waals surface area contributed by atoms with Crippen molar-refractivity contribution in [3.8, 4) is 5.75 Å². The molecule has 0 radical (unpaired) electrons. The van der Waals surface area contributed by atoms with Gasteiger partial charge in [0.05, 0.1) is 33.0 Å². The van der Waals surface area contributed by atoms with Gasteiger partial charge in [0.1, 0.15) is 5.75 Å². The number of aliphatic hydroxyl groups excluding tert-OH is 1. The molecule has 1 rings (SSSR count). The number of hydrogen-bond donors (Lipinski definition) is 1. The molecule has 1 unspecified atom stereocenters. The van der Waals surface area contributed by atoms with E-state index in [1.165, 1.54) is 0 Å². The highest BCUT2D eigenvalue weighted by molar-refractivity contribution is 5.37. The molecule has 0 saturated heterocycles. The molecule has 114 valence electrons. The van der Waals surface area contributed by atoms with Gasteiger partial charge in [0, 0.05) is 12.2 Å². The van der Waals surface area contributed by atoms with E-state index in [1.807, 2.05) is 18.2 Å². The van der Waals surface area contributed by atoms with Crippen LogP contribution in [0, 0.1) is 0 Å². The number of methoxy groups -OCH3 is 1. The van der Waals surface area contributed by atoms with Gasteiger partial charge in [-0.3, -0.25) is 0 Å². The summed E-state index contributed by atoms with van der Waals surface area (Å²) in [6.45, 7) is 6.31. The molecule has 0 heterocycles. The zero-order valence-electron chi connectivity index (χ0n) is 12.7. The summed E-state index contributed by atoms with van der Waals surface area (Å²) in [5, 5.41) is 9.60. The minimum atomic E-state index is -0.489. The van der Waals surface area contributed by atoms with Gasteiger partial charge in [0.25, 0.3) is 0 Å². The quantitative estimate of drug-likeness (QED) is 0.670. The van der Waals surface area contributed by atoms with Crippen molar-refractivity contribution >= 4 is 0 Å². The van der Waals surface area contributed by atoms with Gasteiger partial charge in [-0.05, 0) is 31.0 Å². The van der Waals surface area contributed by atoms with Crippen LogP contribution in [0.3, 0.4) is 0 Å². The number of hydrogen-bond acceptors (Lipinski definition) is 4. The van der Waals surface area contributed by atoms with Gasteiger partial charge >= 0.3 is 0 Å². The van der Waals surface area contributed by atoms with E-state index in [0.29, 0.717) is 19.8 Å². The van der Waals surface area contributed by atoms with Gasteiger partial charge in [-0.15, -0.1) is 0 Å². The van der Waals surface area contributed by atoms with Gasteiger partial charge in [0.15, 0.2) is 0 Å². The van der Waals surface area contributed by atoms with Crippen molar-refractivity contribution in [2.45, 2.75) is 39.4 Å². The van der Waals surface area contributed by atoms with Gasteiger partial charge in [-0.25, -0.2) is 0 Å². The molecule has 1 N–H and O–H groups in total.